The van der Waals surface area contributed by atoms with Gasteiger partial charge >= 0.3 is 0 Å². The van der Waals surface area contributed by atoms with E-state index in [0.29, 0.717) is 16.9 Å². The number of hydrogen-bond donors (Lipinski definition) is 1. The van der Waals surface area contributed by atoms with E-state index in [9.17, 15) is 14.7 Å². The maximum Gasteiger partial charge on any atom is 0.300 e. The van der Waals surface area contributed by atoms with Crippen LogP contribution in [0.4, 0.5) is 11.4 Å². The molecule has 5 rings (SSSR count). The Kier molecular flexibility index (Phi) is 6.43. The molecule has 2 aliphatic rings. The van der Waals surface area contributed by atoms with Gasteiger partial charge in [-0.05, 0) is 80.3 Å². The van der Waals surface area contributed by atoms with Gasteiger partial charge in [-0.15, -0.1) is 0 Å². The Labute approximate surface area is 213 Å². The number of halogens is 1. The second-order valence-electron chi connectivity index (χ2n) is 8.95. The van der Waals surface area contributed by atoms with Crippen LogP contribution in [0.15, 0.2) is 76.9 Å². The van der Waals surface area contributed by atoms with Crippen molar-refractivity contribution in [1.82, 2.24) is 4.98 Å². The molecule has 1 N–H and O–H groups in total. The maximum atomic E-state index is 13.3. The predicted molar refractivity (Wildman–Crippen MR) is 140 cm³/mol. The number of rotatable bonds is 4. The third-order valence-electron chi connectivity index (χ3n) is 6.69. The second-order valence-corrected chi connectivity index (χ2v) is 9.81. The molecule has 6 nitrogen and oxygen atoms in total. The molecule has 1 atom stereocenters. The van der Waals surface area contributed by atoms with E-state index < -0.39 is 17.7 Å². The van der Waals surface area contributed by atoms with Crippen LogP contribution < -0.4 is 9.80 Å². The van der Waals surface area contributed by atoms with Crippen molar-refractivity contribution in [3.05, 3.63) is 93.7 Å². The van der Waals surface area contributed by atoms with Crippen LogP contribution >= 0.6 is 15.9 Å². The number of pyridine rings is 1. The number of aryl methyl sites for hydroxylation is 1. The number of benzene rings is 2. The normalized spacial score (nSPS) is 19.9. The van der Waals surface area contributed by atoms with E-state index in [1.165, 1.54) is 24.2 Å². The van der Waals surface area contributed by atoms with E-state index >= 15 is 0 Å². The van der Waals surface area contributed by atoms with Crippen LogP contribution in [0.2, 0.25) is 0 Å². The molecule has 1 amide bonds. The van der Waals surface area contributed by atoms with E-state index in [4.69, 9.17) is 0 Å². The summed E-state index contributed by atoms with van der Waals surface area (Å²) in [5.41, 5.74) is 3.63. The number of aromatic nitrogens is 1. The van der Waals surface area contributed by atoms with Crippen molar-refractivity contribution in [2.75, 3.05) is 22.9 Å². The lowest BCUT2D eigenvalue weighted by Gasteiger charge is -2.30. The lowest BCUT2D eigenvalue weighted by Crippen LogP contribution is -2.31. The molecular formula is C28H26BrN3O3. The molecule has 3 heterocycles. The number of piperidine rings is 1. The second kappa shape index (κ2) is 9.66. The summed E-state index contributed by atoms with van der Waals surface area (Å²) in [5, 5.41) is 11.3. The van der Waals surface area contributed by atoms with E-state index in [-0.39, 0.29) is 11.3 Å². The van der Waals surface area contributed by atoms with Crippen molar-refractivity contribution in [2.45, 2.75) is 32.2 Å². The first kappa shape index (κ1) is 23.3. The minimum atomic E-state index is -0.832. The molecule has 3 aromatic rings. The first-order valence-corrected chi connectivity index (χ1v) is 12.6. The first-order valence-electron chi connectivity index (χ1n) is 11.8. The van der Waals surface area contributed by atoms with Gasteiger partial charge in [0.15, 0.2) is 0 Å². The number of amides is 1. The van der Waals surface area contributed by atoms with Crippen LogP contribution in [0.3, 0.4) is 0 Å². The van der Waals surface area contributed by atoms with Gasteiger partial charge in [0, 0.05) is 40.7 Å². The van der Waals surface area contributed by atoms with Crippen LogP contribution in [0.25, 0.3) is 5.76 Å². The van der Waals surface area contributed by atoms with Crippen molar-refractivity contribution < 1.29 is 14.7 Å². The molecule has 0 radical (unpaired) electrons. The molecule has 0 saturated carbocycles. The van der Waals surface area contributed by atoms with Crippen molar-refractivity contribution in [3.8, 4) is 0 Å². The SMILES string of the molecule is Cc1cc(/C(O)=C2/C(=O)C(=O)N(c3ccc(N4CCCCC4)cc3)C2c2ccccn2)ccc1Br. The predicted octanol–water partition coefficient (Wildman–Crippen LogP) is 5.77. The van der Waals surface area contributed by atoms with Gasteiger partial charge in [-0.2, -0.15) is 0 Å². The Morgan fingerprint density at radius 3 is 2.34 bits per heavy atom. The van der Waals surface area contributed by atoms with Gasteiger partial charge in [0.1, 0.15) is 11.8 Å². The summed E-state index contributed by atoms with van der Waals surface area (Å²) < 4.78 is 0.893. The van der Waals surface area contributed by atoms with Gasteiger partial charge in [-0.3, -0.25) is 19.5 Å². The molecule has 0 bridgehead atoms. The molecular weight excluding hydrogens is 506 g/mol. The van der Waals surface area contributed by atoms with Gasteiger partial charge in [0.05, 0.1) is 11.3 Å². The van der Waals surface area contributed by atoms with Gasteiger partial charge in [-0.25, -0.2) is 0 Å². The highest BCUT2D eigenvalue weighted by molar-refractivity contribution is 9.10. The minimum absolute atomic E-state index is 0.0375. The smallest absolute Gasteiger partial charge is 0.300 e. The number of ketones is 1. The van der Waals surface area contributed by atoms with E-state index in [2.05, 4.69) is 25.8 Å². The Hall–Kier alpha value is -3.45. The number of Topliss-reactive ketones (excluding diaryl/α,β-unsaturated/α-hetero) is 1. The molecule has 2 aromatic carbocycles. The number of carbonyl (C=O) groups excluding carboxylic acids is 2. The molecule has 0 aliphatic carbocycles. The first-order chi connectivity index (χ1) is 17.0. The molecule has 2 aliphatic heterocycles. The Bertz CT molecular complexity index is 1300. The van der Waals surface area contributed by atoms with Crippen LogP contribution in [-0.2, 0) is 9.59 Å². The van der Waals surface area contributed by atoms with E-state index in [0.717, 1.165) is 28.8 Å². The maximum absolute atomic E-state index is 13.3. The fourth-order valence-electron chi connectivity index (χ4n) is 4.84. The lowest BCUT2D eigenvalue weighted by molar-refractivity contribution is -0.132. The van der Waals surface area contributed by atoms with E-state index in [1.807, 2.05) is 43.3 Å². The average Bonchev–Trinajstić information content (AvgIpc) is 3.16. The number of aliphatic hydroxyl groups excluding tert-OH is 1. The largest absolute Gasteiger partial charge is 0.507 e. The van der Waals surface area contributed by atoms with Gasteiger partial charge in [-0.1, -0.05) is 28.1 Å². The van der Waals surface area contributed by atoms with Crippen LogP contribution in [-0.4, -0.2) is 34.9 Å². The zero-order valence-corrected chi connectivity index (χ0v) is 21.0. The quantitative estimate of drug-likeness (QED) is 0.263. The summed E-state index contributed by atoms with van der Waals surface area (Å²) in [6, 6.07) is 17.6. The summed E-state index contributed by atoms with van der Waals surface area (Å²) in [7, 11) is 0. The summed E-state index contributed by atoms with van der Waals surface area (Å²) >= 11 is 3.47. The lowest BCUT2D eigenvalue weighted by atomic mass is 9.97. The monoisotopic (exact) mass is 531 g/mol. The van der Waals surface area contributed by atoms with Gasteiger partial charge in [0.25, 0.3) is 11.7 Å². The molecule has 2 saturated heterocycles. The van der Waals surface area contributed by atoms with Crippen molar-refractivity contribution in [3.63, 3.8) is 0 Å². The van der Waals surface area contributed by atoms with Crippen LogP contribution in [0.5, 0.6) is 0 Å². The molecule has 0 spiro atoms. The minimum Gasteiger partial charge on any atom is -0.507 e. The van der Waals surface area contributed by atoms with Crippen molar-refractivity contribution >= 4 is 44.8 Å². The fraction of sp³-hybridized carbons (Fsp3) is 0.250. The molecule has 1 aromatic heterocycles. The third kappa shape index (κ3) is 4.36. The zero-order chi connectivity index (χ0) is 24.5. The molecule has 1 unspecified atom stereocenters. The summed E-state index contributed by atoms with van der Waals surface area (Å²) in [6.45, 7) is 3.94. The van der Waals surface area contributed by atoms with E-state index in [1.54, 1.807) is 30.5 Å². The standard InChI is InChI=1S/C28H26BrN3O3/c1-18-17-19(8-13-22(18)29)26(33)24-25(23-7-3-4-14-30-23)32(28(35)27(24)34)21-11-9-20(10-12-21)31-15-5-2-6-16-31/h3-4,7-14,17,25,33H,2,5-6,15-16H2,1H3/b26-24-. The Morgan fingerprint density at radius 2 is 1.69 bits per heavy atom. The van der Waals surface area contributed by atoms with Crippen molar-refractivity contribution in [1.29, 1.82) is 0 Å². The average molecular weight is 532 g/mol. The molecule has 178 valence electrons. The summed E-state index contributed by atoms with van der Waals surface area (Å²) in [4.78, 5) is 34.9. The third-order valence-corrected chi connectivity index (χ3v) is 7.58. The summed E-state index contributed by atoms with van der Waals surface area (Å²) in [6.07, 6.45) is 5.22. The number of aliphatic hydroxyl groups is 1. The zero-order valence-electron chi connectivity index (χ0n) is 19.4. The Morgan fingerprint density at radius 1 is 0.971 bits per heavy atom. The number of hydrogen-bond acceptors (Lipinski definition) is 5. The fourth-order valence-corrected chi connectivity index (χ4v) is 5.09. The highest BCUT2D eigenvalue weighted by Gasteiger charge is 2.47. The molecule has 2 fully saturated rings. The van der Waals surface area contributed by atoms with Gasteiger partial charge < -0.3 is 10.0 Å². The number of carbonyl (C=O) groups is 2. The van der Waals surface area contributed by atoms with Crippen molar-refractivity contribution in [2.24, 2.45) is 0 Å². The van der Waals surface area contributed by atoms with Crippen LogP contribution in [0.1, 0.15) is 42.1 Å². The number of nitrogens with zero attached hydrogens (tertiary/aromatic N) is 3. The molecule has 7 heteroatoms. The number of anilines is 2. The topological polar surface area (TPSA) is 73.7 Å². The Balaban J connectivity index is 1.60. The van der Waals surface area contributed by atoms with Gasteiger partial charge in [0.2, 0.25) is 0 Å². The highest BCUT2D eigenvalue weighted by Crippen LogP contribution is 2.42. The molecule has 35 heavy (non-hydrogen) atoms. The highest BCUT2D eigenvalue weighted by atomic mass is 79.9. The summed E-state index contributed by atoms with van der Waals surface area (Å²) in [5.74, 6) is -1.61. The van der Waals surface area contributed by atoms with Crippen LogP contribution in [0, 0.1) is 6.92 Å².